The molecule has 0 aromatic carbocycles. The van der Waals surface area contributed by atoms with Crippen molar-refractivity contribution in [3.05, 3.63) is 0 Å². The molecule has 0 amide bonds. The van der Waals surface area contributed by atoms with Crippen LogP contribution in [0.3, 0.4) is 0 Å². The molecule has 0 atom stereocenters. The van der Waals surface area contributed by atoms with E-state index in [1.54, 1.807) is 0 Å². The summed E-state index contributed by atoms with van der Waals surface area (Å²) >= 11 is -3.61. The Bertz CT molecular complexity index is 29.9. The van der Waals surface area contributed by atoms with E-state index in [-0.39, 0.29) is 29.6 Å². The molecule has 0 bridgehead atoms. The van der Waals surface area contributed by atoms with E-state index in [0.717, 1.165) is 0 Å². The molecule has 27 valence electrons. The van der Waals surface area contributed by atoms with Crippen LogP contribution in [-0.2, 0) is 3.10 Å². The third-order valence-corrected chi connectivity index (χ3v) is 0. The van der Waals surface area contributed by atoms with Gasteiger partial charge in [-0.1, -0.05) is 0 Å². The largest absolute Gasteiger partial charge is 0 e. The first-order chi connectivity index (χ1) is 1.73. The van der Waals surface area contributed by atoms with Crippen molar-refractivity contribution in [2.75, 3.05) is 0 Å². The van der Waals surface area contributed by atoms with Crippen LogP contribution in [0, 0.1) is 0 Å². The molecule has 0 saturated carbocycles. The summed E-state index contributed by atoms with van der Waals surface area (Å²) in [5.74, 6) is 0. The quantitative estimate of drug-likeness (QED) is 0.445. The average molecular weight is 201 g/mol. The van der Waals surface area contributed by atoms with Crippen LogP contribution in [0.5, 0.6) is 0 Å². The van der Waals surface area contributed by atoms with Gasteiger partial charge in [0.1, 0.15) is 0 Å². The summed E-state index contributed by atoms with van der Waals surface area (Å²) in [6.45, 7) is 0. The monoisotopic (exact) mass is 203 g/mol. The van der Waals surface area contributed by atoms with Crippen molar-refractivity contribution < 1.29 is 10.0 Å². The van der Waals surface area contributed by atoms with Crippen LogP contribution in [0.1, 0.15) is 0 Å². The van der Waals surface area contributed by atoms with E-state index in [2.05, 4.69) is 0 Å². The van der Waals surface area contributed by atoms with Crippen LogP contribution in [-0.4, -0.2) is 56.9 Å². The second kappa shape index (κ2) is 5.51. The summed E-state index contributed by atoms with van der Waals surface area (Å²) < 4.78 is 23.3. The molecule has 0 aromatic rings. The van der Waals surface area contributed by atoms with Crippen LogP contribution in [0.25, 0.3) is 0 Å². The van der Waals surface area contributed by atoms with Crippen molar-refractivity contribution >= 4 is 49.9 Å². The van der Waals surface area contributed by atoms with Crippen molar-refractivity contribution in [1.82, 2.24) is 0 Å². The molecule has 0 aliphatic heterocycles. The minimum Gasteiger partial charge on any atom is 0 e. The van der Waals surface area contributed by atoms with E-state index in [1.807, 2.05) is 0 Å². The third kappa shape index (κ3) is 29.8. The molecular formula is H2NaO3Te. The Labute approximate surface area is 59.4 Å². The summed E-state index contributed by atoms with van der Waals surface area (Å²) in [4.78, 5) is 0. The second-order valence-electron chi connectivity index (χ2n) is 0.231. The van der Waals surface area contributed by atoms with Gasteiger partial charge in [0.05, 0.1) is 0 Å². The molecule has 0 fully saturated rings. The molecule has 1 radical (unpaired) electrons. The molecule has 0 unspecified atom stereocenters. The fourth-order valence-corrected chi connectivity index (χ4v) is 0. The Morgan fingerprint density at radius 2 is 1.40 bits per heavy atom. The molecule has 0 aliphatic rings. The molecule has 0 heterocycles. The summed E-state index contributed by atoms with van der Waals surface area (Å²) in [5, 5.41) is 0. The van der Waals surface area contributed by atoms with E-state index in [9.17, 15) is 0 Å². The van der Waals surface area contributed by atoms with Crippen molar-refractivity contribution in [2.24, 2.45) is 0 Å². The van der Waals surface area contributed by atoms with E-state index in [4.69, 9.17) is 10.0 Å². The molecule has 3 nitrogen and oxygen atoms in total. The zero-order valence-electron chi connectivity index (χ0n) is 2.71. The molecule has 0 spiro atoms. The first-order valence-corrected chi connectivity index (χ1v) is 3.57. The third-order valence-electron chi connectivity index (χ3n) is 0. The summed E-state index contributed by atoms with van der Waals surface area (Å²) in [7, 11) is 0. The van der Waals surface area contributed by atoms with Gasteiger partial charge >= 0.3 is 30.4 Å². The van der Waals surface area contributed by atoms with Crippen molar-refractivity contribution in [3.8, 4) is 0 Å². The van der Waals surface area contributed by atoms with Crippen LogP contribution in [0.2, 0.25) is 0 Å². The van der Waals surface area contributed by atoms with Gasteiger partial charge in [-0.3, -0.25) is 0 Å². The predicted octanol–water partition coefficient (Wildman–Crippen LogP) is -1.99. The van der Waals surface area contributed by atoms with Gasteiger partial charge in [-0.05, 0) is 0 Å². The van der Waals surface area contributed by atoms with E-state index in [0.29, 0.717) is 0 Å². The van der Waals surface area contributed by atoms with Crippen molar-refractivity contribution in [1.29, 1.82) is 0 Å². The molecule has 0 aromatic heterocycles. The minimum absolute atomic E-state index is 0. The zero-order chi connectivity index (χ0) is 3.58. The Morgan fingerprint density at radius 3 is 1.40 bits per heavy atom. The Kier molecular flexibility index (Phi) is 10.7. The minimum atomic E-state index is -3.61. The van der Waals surface area contributed by atoms with Crippen LogP contribution in [0.4, 0.5) is 0 Å². The predicted molar refractivity (Wildman–Crippen MR) is 16.6 cm³/mol. The fourth-order valence-electron chi connectivity index (χ4n) is 0. The molecule has 2 N–H and O–H groups in total. The van der Waals surface area contributed by atoms with Gasteiger partial charge in [0, 0.05) is 29.6 Å². The Hall–Kier alpha value is 1.51. The van der Waals surface area contributed by atoms with Crippen molar-refractivity contribution in [3.63, 3.8) is 0 Å². The Morgan fingerprint density at radius 1 is 1.40 bits per heavy atom. The first-order valence-electron chi connectivity index (χ1n) is 0.532. The fraction of sp³-hybridized carbons (Fsp3) is 0. The van der Waals surface area contributed by atoms with Gasteiger partial charge in [-0.25, -0.2) is 0 Å². The molecule has 5 heteroatoms. The first kappa shape index (κ1) is 9.72. The van der Waals surface area contributed by atoms with Crippen LogP contribution < -0.4 is 0 Å². The maximum absolute atomic E-state index is 8.81. The van der Waals surface area contributed by atoms with E-state index < -0.39 is 20.4 Å². The van der Waals surface area contributed by atoms with Crippen LogP contribution in [0.15, 0.2) is 0 Å². The van der Waals surface area contributed by atoms with E-state index >= 15 is 0 Å². The zero-order valence-corrected chi connectivity index (χ0v) is 7.04. The molecule has 0 rings (SSSR count). The van der Waals surface area contributed by atoms with Crippen LogP contribution >= 0.6 is 0 Å². The topological polar surface area (TPSA) is 57.5 Å². The van der Waals surface area contributed by atoms with Gasteiger partial charge in [0.2, 0.25) is 0 Å². The van der Waals surface area contributed by atoms with Gasteiger partial charge in [0.15, 0.2) is 0 Å². The molecule has 0 aliphatic carbocycles. The summed E-state index contributed by atoms with van der Waals surface area (Å²) in [6, 6.07) is 0. The molecular weight excluding hydrogens is 199 g/mol. The molecule has 0 saturated heterocycles. The standard InChI is InChI=1S/Na.H2O3Te/c;1-4(2)3/h;(H2,1,2,3). The molecule has 5 heavy (non-hydrogen) atoms. The smallest absolute Gasteiger partial charge is 0 e. The van der Waals surface area contributed by atoms with E-state index in [1.165, 1.54) is 0 Å². The summed E-state index contributed by atoms with van der Waals surface area (Å²) in [6.07, 6.45) is 0. The normalized spacial score (nSPS) is 7.00. The second-order valence-corrected chi connectivity index (χ2v) is 1.55. The van der Waals surface area contributed by atoms with Gasteiger partial charge < -0.3 is 0 Å². The van der Waals surface area contributed by atoms with Gasteiger partial charge in [-0.15, -0.1) is 0 Å². The number of hydrogen-bond donors (Lipinski definition) is 2. The van der Waals surface area contributed by atoms with Gasteiger partial charge in [-0.2, -0.15) is 0 Å². The van der Waals surface area contributed by atoms with Gasteiger partial charge in [0.25, 0.3) is 0 Å². The average Bonchev–Trinajstić information content (AvgIpc) is 0.811. The Balaban J connectivity index is 0. The van der Waals surface area contributed by atoms with Crippen molar-refractivity contribution in [2.45, 2.75) is 0 Å². The SMILES string of the molecule is O=[Te](O)O.[Na]. The number of rotatable bonds is 0. The summed E-state index contributed by atoms with van der Waals surface area (Å²) in [5.41, 5.74) is 0. The maximum atomic E-state index is 8.81. The maximum Gasteiger partial charge on any atom is 0 e. The number of hydrogen-bond acceptors (Lipinski definition) is 1.